The number of carbonyl (C=O) groups is 1. The largest absolute Gasteiger partial charge is 0.547 e. The van der Waals surface area contributed by atoms with E-state index in [1.807, 2.05) is 13.0 Å². The first-order chi connectivity index (χ1) is 6.79. The summed E-state index contributed by atoms with van der Waals surface area (Å²) in [5, 5.41) is 8.84. The maximum absolute atomic E-state index is 10.8. The summed E-state index contributed by atoms with van der Waals surface area (Å²) < 4.78 is 5.90. The zero-order valence-corrected chi connectivity index (χ0v) is 10.8. The zero-order valence-electron chi connectivity index (χ0n) is 9.78. The maximum Gasteiger partial charge on any atom is 0.407 e. The van der Waals surface area contributed by atoms with E-state index < -0.39 is 14.4 Å². The van der Waals surface area contributed by atoms with Gasteiger partial charge in [0.1, 0.15) is 0 Å². The van der Waals surface area contributed by atoms with E-state index in [1.54, 1.807) is 0 Å². The van der Waals surface area contributed by atoms with E-state index >= 15 is 0 Å². The molecule has 0 spiro atoms. The molecule has 15 heavy (non-hydrogen) atoms. The van der Waals surface area contributed by atoms with Crippen LogP contribution in [0.3, 0.4) is 0 Å². The van der Waals surface area contributed by atoms with Crippen molar-refractivity contribution in [3.05, 3.63) is 11.8 Å². The molecule has 1 amide bonds. The van der Waals surface area contributed by atoms with E-state index in [-0.39, 0.29) is 5.92 Å². The molecule has 0 radical (unpaired) electrons. The lowest BCUT2D eigenvalue weighted by Gasteiger charge is -2.32. The summed E-state index contributed by atoms with van der Waals surface area (Å²) >= 11 is 0. The number of nitrogens with zero attached hydrogens (tertiary/aromatic N) is 1. The van der Waals surface area contributed by atoms with Gasteiger partial charge in [-0.2, -0.15) is 0 Å². The molecule has 0 bridgehead atoms. The Morgan fingerprint density at radius 3 is 2.60 bits per heavy atom. The van der Waals surface area contributed by atoms with Crippen LogP contribution in [0.4, 0.5) is 4.79 Å². The van der Waals surface area contributed by atoms with Gasteiger partial charge in [-0.3, -0.25) is 0 Å². The van der Waals surface area contributed by atoms with Crippen molar-refractivity contribution in [2.75, 3.05) is 13.1 Å². The molecule has 1 atom stereocenters. The topological polar surface area (TPSA) is 49.8 Å². The minimum Gasteiger partial charge on any atom is -0.547 e. The van der Waals surface area contributed by atoms with Gasteiger partial charge in [0.25, 0.3) is 0 Å². The molecule has 1 aliphatic heterocycles. The van der Waals surface area contributed by atoms with Crippen LogP contribution in [0.5, 0.6) is 0 Å². The lowest BCUT2D eigenvalue weighted by atomic mass is 10.1. The Bertz CT molecular complexity index is 283. The summed E-state index contributed by atoms with van der Waals surface area (Å²) in [4.78, 5) is 12.2. The molecule has 1 N–H and O–H groups in total. The average Bonchev–Trinajstić information content (AvgIpc) is 2.05. The van der Waals surface area contributed by atoms with Crippen molar-refractivity contribution in [3.63, 3.8) is 0 Å². The van der Waals surface area contributed by atoms with Gasteiger partial charge >= 0.3 is 6.09 Å². The molecule has 0 aromatic rings. The number of amides is 1. The van der Waals surface area contributed by atoms with Gasteiger partial charge in [-0.15, -0.1) is 0 Å². The molecule has 0 saturated carbocycles. The third-order valence-electron chi connectivity index (χ3n) is 2.19. The van der Waals surface area contributed by atoms with Gasteiger partial charge in [-0.05, 0) is 25.7 Å². The van der Waals surface area contributed by atoms with Crippen molar-refractivity contribution in [3.8, 4) is 0 Å². The van der Waals surface area contributed by atoms with Gasteiger partial charge in [0, 0.05) is 19.0 Å². The number of hydrogen-bond donors (Lipinski definition) is 1. The Labute approximate surface area is 91.7 Å². The molecule has 5 heteroatoms. The van der Waals surface area contributed by atoms with Crippen LogP contribution in [0, 0.1) is 5.92 Å². The highest BCUT2D eigenvalue weighted by molar-refractivity contribution is 6.70. The van der Waals surface area contributed by atoms with Crippen LogP contribution in [0.15, 0.2) is 11.8 Å². The first-order valence-electron chi connectivity index (χ1n) is 5.16. The third kappa shape index (κ3) is 3.58. The molecule has 0 fully saturated rings. The number of carboxylic acid groups (broad SMARTS) is 1. The third-order valence-corrected chi connectivity index (χ3v) is 3.04. The molecule has 0 aliphatic carbocycles. The summed E-state index contributed by atoms with van der Waals surface area (Å²) in [7, 11) is -1.57. The molecule has 86 valence electrons. The number of hydrogen-bond acceptors (Lipinski definition) is 2. The van der Waals surface area contributed by atoms with Gasteiger partial charge in [0.2, 0.25) is 8.32 Å². The quantitative estimate of drug-likeness (QED) is 0.739. The molecular formula is C10H19NO3Si. The van der Waals surface area contributed by atoms with Crippen molar-refractivity contribution < 1.29 is 14.3 Å². The molecule has 1 rings (SSSR count). The second kappa shape index (κ2) is 4.26. The summed E-state index contributed by atoms with van der Waals surface area (Å²) in [6, 6.07) is 0. The summed E-state index contributed by atoms with van der Waals surface area (Å²) in [5.74, 6) is 1.13. The number of rotatable bonds is 2. The first kappa shape index (κ1) is 12.1. The molecular weight excluding hydrogens is 210 g/mol. The zero-order chi connectivity index (χ0) is 11.6. The predicted molar refractivity (Wildman–Crippen MR) is 61.3 cm³/mol. The molecule has 1 unspecified atom stereocenters. The van der Waals surface area contributed by atoms with Crippen LogP contribution in [0.25, 0.3) is 0 Å². The second-order valence-corrected chi connectivity index (χ2v) is 9.34. The van der Waals surface area contributed by atoms with Crippen LogP contribution >= 0.6 is 0 Å². The summed E-state index contributed by atoms with van der Waals surface area (Å²) in [5.41, 5.74) is 0. The highest BCUT2D eigenvalue weighted by atomic mass is 28.4. The Morgan fingerprint density at radius 1 is 1.60 bits per heavy atom. The average molecular weight is 229 g/mol. The van der Waals surface area contributed by atoms with E-state index in [0.717, 1.165) is 5.76 Å². The van der Waals surface area contributed by atoms with Crippen molar-refractivity contribution in [2.45, 2.75) is 26.6 Å². The van der Waals surface area contributed by atoms with Gasteiger partial charge < -0.3 is 14.4 Å². The smallest absolute Gasteiger partial charge is 0.407 e. The molecule has 1 heterocycles. The monoisotopic (exact) mass is 229 g/mol. The lowest BCUT2D eigenvalue weighted by molar-refractivity contribution is 0.137. The minimum absolute atomic E-state index is 0.168. The SMILES string of the molecule is CC1CN(C(=O)O)CC=C1O[Si](C)(C)C. The molecule has 4 nitrogen and oxygen atoms in total. The Kier molecular flexibility index (Phi) is 3.44. The summed E-state index contributed by atoms with van der Waals surface area (Å²) in [6.07, 6.45) is 1.03. The van der Waals surface area contributed by atoms with Crippen molar-refractivity contribution in [1.82, 2.24) is 4.90 Å². The van der Waals surface area contributed by atoms with E-state index in [1.165, 1.54) is 4.90 Å². The molecule has 1 aliphatic rings. The van der Waals surface area contributed by atoms with E-state index in [2.05, 4.69) is 19.6 Å². The van der Waals surface area contributed by atoms with Crippen LogP contribution in [0.1, 0.15) is 6.92 Å². The highest BCUT2D eigenvalue weighted by Gasteiger charge is 2.26. The minimum atomic E-state index is -1.57. The van der Waals surface area contributed by atoms with Crippen molar-refractivity contribution >= 4 is 14.4 Å². The molecule has 0 aromatic carbocycles. The maximum atomic E-state index is 10.8. The van der Waals surface area contributed by atoms with Gasteiger partial charge in [0.15, 0.2) is 0 Å². The van der Waals surface area contributed by atoms with E-state index in [4.69, 9.17) is 9.53 Å². The molecule has 0 aromatic heterocycles. The van der Waals surface area contributed by atoms with E-state index in [9.17, 15) is 4.79 Å². The Morgan fingerprint density at radius 2 is 2.20 bits per heavy atom. The normalized spacial score (nSPS) is 22.3. The van der Waals surface area contributed by atoms with Crippen molar-refractivity contribution in [2.24, 2.45) is 5.92 Å². The fraction of sp³-hybridized carbons (Fsp3) is 0.700. The fourth-order valence-corrected chi connectivity index (χ4v) is 2.54. The second-order valence-electron chi connectivity index (χ2n) is 4.91. The van der Waals surface area contributed by atoms with Crippen LogP contribution in [0.2, 0.25) is 19.6 Å². The standard InChI is InChI=1S/C10H19NO3Si/c1-8-7-11(10(12)13)6-5-9(8)14-15(2,3)4/h5,8H,6-7H2,1-4H3,(H,12,13). The van der Waals surface area contributed by atoms with Crippen LogP contribution in [-0.2, 0) is 4.43 Å². The van der Waals surface area contributed by atoms with Crippen molar-refractivity contribution in [1.29, 1.82) is 0 Å². The lowest BCUT2D eigenvalue weighted by Crippen LogP contribution is -2.39. The Hall–Kier alpha value is -0.973. The first-order valence-corrected chi connectivity index (χ1v) is 8.57. The van der Waals surface area contributed by atoms with E-state index in [0.29, 0.717) is 13.1 Å². The predicted octanol–water partition coefficient (Wildman–Crippen LogP) is 2.35. The van der Waals surface area contributed by atoms with Crippen LogP contribution < -0.4 is 0 Å². The highest BCUT2D eigenvalue weighted by Crippen LogP contribution is 2.22. The van der Waals surface area contributed by atoms with Gasteiger partial charge in [-0.1, -0.05) is 6.92 Å². The van der Waals surface area contributed by atoms with Gasteiger partial charge in [-0.25, -0.2) is 4.79 Å². The van der Waals surface area contributed by atoms with Gasteiger partial charge in [0.05, 0.1) is 5.76 Å². The van der Waals surface area contributed by atoms with Crippen LogP contribution in [-0.4, -0.2) is 37.5 Å². The summed E-state index contributed by atoms with van der Waals surface area (Å²) in [6.45, 7) is 9.37. The molecule has 0 saturated heterocycles. The Balaban J connectivity index is 2.66. The fourth-order valence-electron chi connectivity index (χ4n) is 1.55.